The number of nitrogens with zero attached hydrogens (tertiary/aromatic N) is 1. The quantitative estimate of drug-likeness (QED) is 0.486. The Morgan fingerprint density at radius 2 is 1.61 bits per heavy atom. The summed E-state index contributed by atoms with van der Waals surface area (Å²) in [6.07, 6.45) is 0. The molecule has 0 amide bonds. The first-order valence-electron chi connectivity index (χ1n) is 5.01. The molecule has 1 aliphatic heterocycles. The maximum absolute atomic E-state index is 12.6. The van der Waals surface area contributed by atoms with Crippen LogP contribution in [0.4, 0.5) is 0 Å². The Kier molecular flexibility index (Phi) is 18.8. The third kappa shape index (κ3) is 7.29. The Labute approximate surface area is 144 Å². The summed E-state index contributed by atoms with van der Waals surface area (Å²) in [5.41, 5.74) is 0.345. The zero-order valence-electron chi connectivity index (χ0n) is 10.8. The van der Waals surface area contributed by atoms with Crippen molar-refractivity contribution < 1.29 is 59.1 Å². The molecule has 0 fully saturated rings. The average Bonchev–Trinajstić information content (AvgIpc) is 2.55. The van der Waals surface area contributed by atoms with Crippen molar-refractivity contribution in [2.75, 3.05) is 12.3 Å². The van der Waals surface area contributed by atoms with Crippen LogP contribution in [-0.4, -0.2) is 28.8 Å². The molecule has 0 saturated heterocycles. The minimum absolute atomic E-state index is 0. The second-order valence-corrected chi connectivity index (χ2v) is 8.84. The molecule has 18 heavy (non-hydrogen) atoms. The molecule has 0 spiro atoms. The molecular weight excluding hydrogens is 374 g/mol. The van der Waals surface area contributed by atoms with E-state index in [-0.39, 0.29) is 65.9 Å². The van der Waals surface area contributed by atoms with E-state index >= 15 is 0 Å². The van der Waals surface area contributed by atoms with Crippen molar-refractivity contribution >= 4 is 24.2 Å². The van der Waals surface area contributed by atoms with Crippen LogP contribution < -0.4 is 42.3 Å². The normalized spacial score (nSPS) is 13.8. The molecule has 0 atom stereocenters. The van der Waals surface area contributed by atoms with Crippen LogP contribution in [-0.2, 0) is 21.9 Å². The number of hydrogen-bond donors (Lipinski definition) is 1. The first-order chi connectivity index (χ1) is 6.47. The van der Waals surface area contributed by atoms with Crippen LogP contribution in [0.1, 0.15) is 27.7 Å². The summed E-state index contributed by atoms with van der Waals surface area (Å²) < 4.78 is 12.6. The number of rotatable bonds is 3. The van der Waals surface area contributed by atoms with Gasteiger partial charge < -0.3 is 42.3 Å². The number of halogens is 3. The van der Waals surface area contributed by atoms with Gasteiger partial charge in [-0.1, -0.05) is 39.5 Å². The Bertz CT molecular complexity index is 281. The maximum Gasteiger partial charge on any atom is 3.00 e. The van der Waals surface area contributed by atoms with Gasteiger partial charge in [-0.2, -0.15) is 0 Å². The SMILES string of the molecule is CC(C)P(=O)(NC1=NCCS1)C(C)C.[Cl-].[Cl-].[Cl-].[Cr+3]. The Balaban J connectivity index is -0.000000245. The molecule has 0 aliphatic carbocycles. The van der Waals surface area contributed by atoms with Crippen molar-refractivity contribution in [1.29, 1.82) is 0 Å². The zero-order valence-corrected chi connectivity index (χ0v) is 16.1. The minimum Gasteiger partial charge on any atom is -1.00 e. The fourth-order valence-electron chi connectivity index (χ4n) is 1.41. The van der Waals surface area contributed by atoms with Crippen molar-refractivity contribution in [2.24, 2.45) is 4.99 Å². The van der Waals surface area contributed by atoms with Crippen LogP contribution in [0.2, 0.25) is 0 Å². The summed E-state index contributed by atoms with van der Waals surface area (Å²) in [5, 5.41) is 4.03. The predicted molar refractivity (Wildman–Crippen MR) is 65.8 cm³/mol. The predicted octanol–water partition coefficient (Wildman–Crippen LogP) is -6.22. The fraction of sp³-hybridized carbons (Fsp3) is 0.889. The van der Waals surface area contributed by atoms with E-state index in [0.29, 0.717) is 0 Å². The summed E-state index contributed by atoms with van der Waals surface area (Å²) in [6.45, 7) is 8.88. The van der Waals surface area contributed by atoms with Gasteiger partial charge in [0.2, 0.25) is 0 Å². The van der Waals surface area contributed by atoms with E-state index in [1.54, 1.807) is 11.8 Å². The van der Waals surface area contributed by atoms with Gasteiger partial charge in [-0.15, -0.1) is 0 Å². The van der Waals surface area contributed by atoms with Crippen molar-refractivity contribution in [3.8, 4) is 0 Å². The molecule has 1 heterocycles. The van der Waals surface area contributed by atoms with Crippen molar-refractivity contribution in [3.63, 3.8) is 0 Å². The molecule has 1 radical (unpaired) electrons. The Morgan fingerprint density at radius 1 is 1.17 bits per heavy atom. The standard InChI is InChI=1S/C9H19N2OPS.3ClH.Cr/c1-7(2)13(12,8(3)4)11-9-10-5-6-14-9;;;;/h7-8H,5-6H2,1-4H3,(H,10,11,12);3*1H;/q;;;;+3/p-3. The molecule has 1 N–H and O–H groups in total. The number of amidine groups is 1. The molecule has 9 heteroatoms. The number of aliphatic imine (C=N–C) groups is 1. The number of hydrogen-bond acceptors (Lipinski definition) is 3. The van der Waals surface area contributed by atoms with E-state index < -0.39 is 7.29 Å². The zero-order chi connectivity index (χ0) is 10.8. The van der Waals surface area contributed by atoms with Crippen molar-refractivity contribution in [1.82, 2.24) is 5.09 Å². The smallest absolute Gasteiger partial charge is 1.00 e. The van der Waals surface area contributed by atoms with Gasteiger partial charge in [-0.05, 0) is 0 Å². The van der Waals surface area contributed by atoms with Crippen LogP contribution in [0.3, 0.4) is 0 Å². The molecular formula is C9H19Cl3CrN2OPS. The molecule has 0 aromatic rings. The molecule has 0 unspecified atom stereocenters. The van der Waals surface area contributed by atoms with Crippen LogP contribution >= 0.6 is 19.1 Å². The summed E-state index contributed by atoms with van der Waals surface area (Å²) >= 11 is 1.67. The van der Waals surface area contributed by atoms with E-state index in [9.17, 15) is 4.57 Å². The van der Waals surface area contributed by atoms with Gasteiger partial charge in [-0.3, -0.25) is 9.56 Å². The largest absolute Gasteiger partial charge is 3.00 e. The molecule has 0 aromatic heterocycles. The second-order valence-electron chi connectivity index (χ2n) is 4.04. The van der Waals surface area contributed by atoms with Gasteiger partial charge in [0.1, 0.15) is 0 Å². The van der Waals surface area contributed by atoms with Crippen LogP contribution in [0, 0.1) is 0 Å². The van der Waals surface area contributed by atoms with Gasteiger partial charge >= 0.3 is 17.4 Å². The summed E-state index contributed by atoms with van der Waals surface area (Å²) in [4.78, 5) is 4.28. The number of nitrogens with one attached hydrogen (secondary N) is 1. The third-order valence-corrected chi connectivity index (χ3v) is 7.06. The fourth-order valence-corrected chi connectivity index (χ4v) is 4.73. The summed E-state index contributed by atoms with van der Waals surface area (Å²) in [5.74, 6) is 1.01. The summed E-state index contributed by atoms with van der Waals surface area (Å²) in [6, 6.07) is 0. The topological polar surface area (TPSA) is 41.5 Å². The van der Waals surface area contributed by atoms with Gasteiger partial charge in [0.25, 0.3) is 0 Å². The van der Waals surface area contributed by atoms with Crippen molar-refractivity contribution in [2.45, 2.75) is 39.0 Å². The Morgan fingerprint density at radius 3 is 1.89 bits per heavy atom. The first-order valence-corrected chi connectivity index (χ1v) is 7.85. The van der Waals surface area contributed by atoms with E-state index in [1.807, 2.05) is 27.7 Å². The van der Waals surface area contributed by atoms with Gasteiger partial charge in [0.15, 0.2) is 12.5 Å². The van der Waals surface area contributed by atoms with E-state index in [4.69, 9.17) is 0 Å². The molecule has 109 valence electrons. The molecule has 0 bridgehead atoms. The van der Waals surface area contributed by atoms with E-state index in [1.165, 1.54) is 0 Å². The molecule has 0 saturated carbocycles. The maximum atomic E-state index is 12.6. The van der Waals surface area contributed by atoms with Gasteiger partial charge in [0.05, 0.1) is 6.54 Å². The molecule has 1 rings (SSSR count). The van der Waals surface area contributed by atoms with Crippen LogP contribution in [0.25, 0.3) is 0 Å². The molecule has 1 aliphatic rings. The Hall–Kier alpha value is 1.45. The monoisotopic (exact) mass is 391 g/mol. The van der Waals surface area contributed by atoms with E-state index in [0.717, 1.165) is 17.5 Å². The van der Waals surface area contributed by atoms with Crippen LogP contribution in [0.5, 0.6) is 0 Å². The van der Waals surface area contributed by atoms with Gasteiger partial charge in [0, 0.05) is 17.1 Å². The molecule has 3 nitrogen and oxygen atoms in total. The third-order valence-electron chi connectivity index (χ3n) is 2.39. The number of thioether (sulfide) groups is 1. The molecule has 0 aromatic carbocycles. The van der Waals surface area contributed by atoms with Crippen LogP contribution in [0.15, 0.2) is 4.99 Å². The summed E-state index contributed by atoms with van der Waals surface area (Å²) in [7, 11) is -2.31. The first kappa shape index (κ1) is 27.7. The van der Waals surface area contributed by atoms with E-state index in [2.05, 4.69) is 10.1 Å². The second kappa shape index (κ2) is 12.2. The average molecular weight is 393 g/mol. The van der Waals surface area contributed by atoms with Crippen molar-refractivity contribution in [3.05, 3.63) is 0 Å². The minimum atomic E-state index is -2.31. The van der Waals surface area contributed by atoms with Gasteiger partial charge in [-0.25, -0.2) is 0 Å².